The van der Waals surface area contributed by atoms with E-state index in [-0.39, 0.29) is 0 Å². The molecule has 200 valence electrons. The fraction of sp³-hybridized carbons (Fsp3) is 0.455. The molecule has 0 unspecified atom stereocenters. The number of aryl methyl sites for hydroxylation is 2. The summed E-state index contributed by atoms with van der Waals surface area (Å²) < 4.78 is 0. The van der Waals surface area contributed by atoms with E-state index in [1.807, 2.05) is 32.0 Å². The van der Waals surface area contributed by atoms with Crippen LogP contribution >= 0.6 is 0 Å². The number of carbonyl (C=O) groups excluding carboxylic acids is 1. The van der Waals surface area contributed by atoms with Gasteiger partial charge in [0.05, 0.1) is 11.6 Å². The van der Waals surface area contributed by atoms with Gasteiger partial charge in [0.2, 0.25) is 0 Å². The van der Waals surface area contributed by atoms with Crippen molar-refractivity contribution >= 4 is 18.2 Å². The molecule has 1 N–H and O–H groups in total. The van der Waals surface area contributed by atoms with Crippen LogP contribution in [0.25, 0.3) is 5.70 Å². The quantitative estimate of drug-likeness (QED) is 0.405. The Kier molecular flexibility index (Phi) is 14.7. The summed E-state index contributed by atoms with van der Waals surface area (Å²) in [5.41, 5.74) is 8.14. The minimum absolute atomic E-state index is 0.568. The highest BCUT2D eigenvalue weighted by Crippen LogP contribution is 2.33. The number of nitriles is 1. The zero-order chi connectivity index (χ0) is 27.8. The highest BCUT2D eigenvalue weighted by atomic mass is 16.1. The average Bonchev–Trinajstić information content (AvgIpc) is 3.73. The first-order valence-electron chi connectivity index (χ1n) is 13.5. The van der Waals surface area contributed by atoms with E-state index in [4.69, 9.17) is 10.1 Å². The molecule has 1 heterocycles. The number of rotatable bonds is 6. The SMILES string of the molecule is C=C(c1cc(NC)c(C)cc1C)N1CCC(c2ccc(C#N)cc2)CC1.C=CCCC.C=O.CC1CC1. The van der Waals surface area contributed by atoms with Crippen LogP contribution in [0.2, 0.25) is 0 Å². The Morgan fingerprint density at radius 3 is 2.05 bits per heavy atom. The number of anilines is 1. The van der Waals surface area contributed by atoms with E-state index in [0.29, 0.717) is 5.92 Å². The summed E-state index contributed by atoms with van der Waals surface area (Å²) in [6, 6.07) is 14.7. The maximum absolute atomic E-state index is 8.95. The Hall–Kier alpha value is -3.32. The van der Waals surface area contributed by atoms with Gasteiger partial charge in [0.25, 0.3) is 0 Å². The summed E-state index contributed by atoms with van der Waals surface area (Å²) >= 11 is 0. The number of nitrogens with one attached hydrogen (secondary N) is 1. The van der Waals surface area contributed by atoms with Crippen LogP contribution in [0.15, 0.2) is 55.6 Å². The van der Waals surface area contributed by atoms with Gasteiger partial charge < -0.3 is 15.0 Å². The highest BCUT2D eigenvalue weighted by Gasteiger charge is 2.22. The number of allylic oxidation sites excluding steroid dienone is 1. The van der Waals surface area contributed by atoms with Gasteiger partial charge in [0.15, 0.2) is 0 Å². The Morgan fingerprint density at radius 2 is 1.65 bits per heavy atom. The van der Waals surface area contributed by atoms with Crippen LogP contribution in [0.5, 0.6) is 0 Å². The number of carbonyl (C=O) groups is 1. The predicted octanol–water partition coefficient (Wildman–Crippen LogP) is 8.27. The van der Waals surface area contributed by atoms with Gasteiger partial charge in [-0.25, -0.2) is 0 Å². The average molecular weight is 502 g/mol. The maximum atomic E-state index is 8.95. The molecule has 2 aromatic rings. The summed E-state index contributed by atoms with van der Waals surface area (Å²) in [6.07, 6.45) is 9.52. The normalized spacial score (nSPS) is 14.3. The molecule has 4 nitrogen and oxygen atoms in total. The lowest BCUT2D eigenvalue weighted by molar-refractivity contribution is -0.0979. The molecule has 0 amide bonds. The summed E-state index contributed by atoms with van der Waals surface area (Å²) in [5.74, 6) is 1.65. The molecule has 0 radical (unpaired) electrons. The summed E-state index contributed by atoms with van der Waals surface area (Å²) in [4.78, 5) is 10.4. The van der Waals surface area contributed by atoms with E-state index < -0.39 is 0 Å². The predicted molar refractivity (Wildman–Crippen MR) is 160 cm³/mol. The van der Waals surface area contributed by atoms with Crippen LogP contribution < -0.4 is 5.32 Å². The molecular weight excluding hydrogens is 454 g/mol. The molecule has 37 heavy (non-hydrogen) atoms. The molecule has 2 aliphatic rings. The van der Waals surface area contributed by atoms with E-state index in [1.54, 1.807) is 0 Å². The molecule has 1 aliphatic carbocycles. The van der Waals surface area contributed by atoms with Crippen LogP contribution in [0.3, 0.4) is 0 Å². The second kappa shape index (κ2) is 17.2. The maximum Gasteiger partial charge on any atom is 0.106 e. The largest absolute Gasteiger partial charge is 0.388 e. The van der Waals surface area contributed by atoms with Gasteiger partial charge in [-0.2, -0.15) is 5.26 Å². The first-order chi connectivity index (χ1) is 17.8. The van der Waals surface area contributed by atoms with Gasteiger partial charge in [0.1, 0.15) is 6.79 Å². The number of unbranched alkanes of at least 4 members (excludes halogenated alkanes) is 1. The Balaban J connectivity index is 0.000000522. The molecule has 0 atom stereocenters. The third kappa shape index (κ3) is 10.7. The van der Waals surface area contributed by atoms with E-state index >= 15 is 0 Å². The standard InChI is InChI=1S/C23H27N3.C5H10.C4H8.CH2O/c1-16-13-17(2)23(25-4)14-22(16)18(3)26-11-9-21(10-12-26)20-7-5-19(15-24)6-8-20;1-3-5-4-2;1-4-2-3-4;1-2/h5-8,13-14,21,25H,3,9-12H2,1-2,4H3;3H,1,4-5H2,2H3;4H,2-3H2,1H3;1H2. The van der Waals surface area contributed by atoms with Crippen LogP contribution in [-0.4, -0.2) is 31.8 Å². The van der Waals surface area contributed by atoms with Crippen molar-refractivity contribution in [2.45, 2.75) is 72.1 Å². The minimum atomic E-state index is 0.568. The molecule has 1 saturated heterocycles. The molecule has 0 bridgehead atoms. The smallest absolute Gasteiger partial charge is 0.106 e. The number of nitrogens with zero attached hydrogens (tertiary/aromatic N) is 2. The first kappa shape index (κ1) is 31.7. The molecular formula is C33H47N3O. The van der Waals surface area contributed by atoms with Gasteiger partial charge in [-0.3, -0.25) is 0 Å². The van der Waals surface area contributed by atoms with E-state index in [2.05, 4.69) is 81.4 Å². The third-order valence-corrected chi connectivity index (χ3v) is 6.90. The van der Waals surface area contributed by atoms with Gasteiger partial charge in [-0.15, -0.1) is 6.58 Å². The molecule has 0 aromatic heterocycles. The topological polar surface area (TPSA) is 56.1 Å². The zero-order valence-electron chi connectivity index (χ0n) is 23.8. The van der Waals surface area contributed by atoms with E-state index in [9.17, 15) is 0 Å². The lowest BCUT2D eigenvalue weighted by Crippen LogP contribution is -2.31. The van der Waals surface area contributed by atoms with Gasteiger partial charge in [-0.05, 0) is 79.8 Å². The van der Waals surface area contributed by atoms with Crippen molar-refractivity contribution in [2.75, 3.05) is 25.5 Å². The summed E-state index contributed by atoms with van der Waals surface area (Å²) in [7, 11) is 1.97. The molecule has 1 aliphatic heterocycles. The number of hydrogen-bond acceptors (Lipinski definition) is 4. The van der Waals surface area contributed by atoms with Gasteiger partial charge in [0, 0.05) is 37.1 Å². The third-order valence-electron chi connectivity index (χ3n) is 6.90. The molecule has 2 fully saturated rings. The van der Waals surface area contributed by atoms with Crippen molar-refractivity contribution in [3.05, 3.63) is 83.4 Å². The second-order valence-corrected chi connectivity index (χ2v) is 9.93. The Morgan fingerprint density at radius 1 is 1.08 bits per heavy atom. The van der Waals surface area contributed by atoms with Crippen LogP contribution in [0, 0.1) is 31.1 Å². The van der Waals surface area contributed by atoms with Crippen LogP contribution in [0.1, 0.15) is 86.1 Å². The fourth-order valence-corrected chi connectivity index (χ4v) is 4.29. The molecule has 0 spiro atoms. The van der Waals surface area contributed by atoms with Crippen LogP contribution in [-0.2, 0) is 4.79 Å². The summed E-state index contributed by atoms with van der Waals surface area (Å²) in [5, 5.41) is 12.2. The highest BCUT2D eigenvalue weighted by molar-refractivity contribution is 5.70. The van der Waals surface area contributed by atoms with Crippen molar-refractivity contribution in [3.63, 3.8) is 0 Å². The Labute approximate surface area is 226 Å². The minimum Gasteiger partial charge on any atom is -0.388 e. The van der Waals surface area contributed by atoms with Crippen molar-refractivity contribution in [3.8, 4) is 6.07 Å². The number of hydrogen-bond donors (Lipinski definition) is 1. The van der Waals surface area contributed by atoms with Crippen LogP contribution in [0.4, 0.5) is 5.69 Å². The molecule has 4 heteroatoms. The molecule has 1 saturated carbocycles. The second-order valence-electron chi connectivity index (χ2n) is 9.93. The van der Waals surface area contributed by atoms with Crippen molar-refractivity contribution in [2.24, 2.45) is 5.92 Å². The fourth-order valence-electron chi connectivity index (χ4n) is 4.29. The zero-order valence-corrected chi connectivity index (χ0v) is 23.8. The summed E-state index contributed by atoms with van der Waals surface area (Å²) in [6.45, 7) is 20.7. The van der Waals surface area contributed by atoms with Gasteiger partial charge in [-0.1, -0.05) is 64.0 Å². The first-order valence-corrected chi connectivity index (χ1v) is 13.5. The lowest BCUT2D eigenvalue weighted by atomic mass is 9.88. The van der Waals surface area contributed by atoms with E-state index in [0.717, 1.165) is 49.5 Å². The number of likely N-dealkylation sites (tertiary alicyclic amines) is 1. The number of benzene rings is 2. The van der Waals surface area contributed by atoms with Crippen molar-refractivity contribution < 1.29 is 4.79 Å². The molecule has 2 aromatic carbocycles. The lowest BCUT2D eigenvalue weighted by Gasteiger charge is -2.35. The molecule has 4 rings (SSSR count). The Bertz CT molecular complexity index is 1010. The van der Waals surface area contributed by atoms with Crippen molar-refractivity contribution in [1.82, 2.24) is 4.90 Å². The van der Waals surface area contributed by atoms with Crippen molar-refractivity contribution in [1.29, 1.82) is 5.26 Å². The number of piperidine rings is 1. The monoisotopic (exact) mass is 501 g/mol. The van der Waals surface area contributed by atoms with Gasteiger partial charge >= 0.3 is 0 Å². The van der Waals surface area contributed by atoms with E-state index in [1.165, 1.54) is 47.2 Å².